The lowest BCUT2D eigenvalue weighted by Gasteiger charge is -2.12. The maximum atomic E-state index is 13.0. The zero-order valence-electron chi connectivity index (χ0n) is 60.1. The molecule has 11 rings (SSSR count). The number of nitrogens with one attached hydrogen (secondary N) is 4. The third-order valence-electron chi connectivity index (χ3n) is 16.6. The van der Waals surface area contributed by atoms with E-state index in [0.717, 1.165) is 39.6 Å². The highest BCUT2D eigenvalue weighted by atomic mass is 32.1. The van der Waals surface area contributed by atoms with Gasteiger partial charge in [0.25, 0.3) is 5.91 Å². The number of nitro benzene ring substituents is 4. The first-order valence-electron chi connectivity index (χ1n) is 33.4. The van der Waals surface area contributed by atoms with Gasteiger partial charge in [-0.1, -0.05) is 66.7 Å². The number of rotatable bonds is 25. The number of nitro groups is 4. The number of hydrogen-bond donors (Lipinski definition) is 15. The third kappa shape index (κ3) is 21.8. The second-order valence-corrected chi connectivity index (χ2v) is 26.6. The molecule has 116 heavy (non-hydrogen) atoms. The summed E-state index contributed by atoms with van der Waals surface area (Å²) in [5.41, 5.74) is 2.03. The van der Waals surface area contributed by atoms with Crippen LogP contribution in [-0.2, 0) is 60.8 Å². The molecule has 15 N–H and O–H groups in total. The smallest absolute Gasteiger partial charge is 0.339 e. The first kappa shape index (κ1) is 85.7. The van der Waals surface area contributed by atoms with Gasteiger partial charge in [0, 0.05) is 101 Å². The summed E-state index contributed by atoms with van der Waals surface area (Å²) in [6.07, 6.45) is -0.922. The third-order valence-corrected chi connectivity index (χ3v) is 18.9. The number of benzene rings is 9. The van der Waals surface area contributed by atoms with Crippen molar-refractivity contribution in [3.05, 3.63) is 277 Å². The summed E-state index contributed by atoms with van der Waals surface area (Å²) in [4.78, 5) is 137. The summed E-state index contributed by atoms with van der Waals surface area (Å²) in [5, 5.41) is 160. The number of hydrogen-bond acceptors (Lipinski definition) is 27. The molecule has 0 atom stereocenters. The van der Waals surface area contributed by atoms with E-state index in [1.54, 1.807) is 104 Å². The number of carboxylic acids is 3. The molecule has 4 amide bonds. The number of thiophene rings is 2. The van der Waals surface area contributed by atoms with Crippen LogP contribution >= 0.6 is 22.7 Å². The van der Waals surface area contributed by atoms with Crippen molar-refractivity contribution in [1.29, 1.82) is 0 Å². The molecule has 2 heterocycles. The first-order valence-corrected chi connectivity index (χ1v) is 35.1. The van der Waals surface area contributed by atoms with Crippen LogP contribution < -0.4 is 21.3 Å². The molecule has 0 bridgehead atoms. The van der Waals surface area contributed by atoms with E-state index in [1.165, 1.54) is 84.4 Å². The maximum Gasteiger partial charge on any atom is 0.339 e. The van der Waals surface area contributed by atoms with Crippen LogP contribution in [0.15, 0.2) is 188 Å². The number of para-hydroxylation sites is 3. The van der Waals surface area contributed by atoms with Crippen molar-refractivity contribution in [3.8, 4) is 78.0 Å². The fraction of sp³-hybridized carbons (Fsp3) is 0.103. The van der Waals surface area contributed by atoms with Gasteiger partial charge in [-0.15, -0.1) is 22.7 Å². The number of carbonyl (C=O) groups excluding carboxylic acids is 5. The molecule has 36 nitrogen and oxygen atoms in total. The molecular weight excluding hydrogens is 1560 g/mol. The minimum absolute atomic E-state index is 0.00357. The Hall–Kier alpha value is -15.9. The predicted molar refractivity (Wildman–Crippen MR) is 419 cm³/mol. The molecule has 0 saturated heterocycles. The summed E-state index contributed by atoms with van der Waals surface area (Å²) in [7, 11) is 1.21. The summed E-state index contributed by atoms with van der Waals surface area (Å²) in [5.74, 6) is -11.8. The Morgan fingerprint density at radius 1 is 0.388 bits per heavy atom. The lowest BCUT2D eigenvalue weighted by atomic mass is 10.0. The number of phenolic OH excluding ortho intramolecular Hbond substituents is 8. The zero-order valence-corrected chi connectivity index (χ0v) is 61.7. The summed E-state index contributed by atoms with van der Waals surface area (Å²) in [6, 6.07) is 47.1. The average Bonchev–Trinajstić information content (AvgIpc) is 1.02. The number of ether oxygens (including phenoxy) is 1. The minimum Gasteiger partial charge on any atom is -0.504 e. The fourth-order valence-corrected chi connectivity index (χ4v) is 13.0. The molecular formula is C78H64N8O28S2. The highest BCUT2D eigenvalue weighted by Crippen LogP contribution is 2.45. The van der Waals surface area contributed by atoms with Crippen LogP contribution in [0, 0.1) is 47.4 Å². The van der Waals surface area contributed by atoms with Gasteiger partial charge in [-0.05, 0) is 127 Å². The molecule has 11 aromatic rings. The first-order chi connectivity index (χ1) is 55.1. The van der Waals surface area contributed by atoms with Crippen LogP contribution in [0.3, 0.4) is 0 Å². The van der Waals surface area contributed by atoms with Crippen LogP contribution in [0.2, 0.25) is 0 Å². The molecule has 9 aromatic carbocycles. The van der Waals surface area contributed by atoms with Crippen molar-refractivity contribution >= 4 is 116 Å². The topological polar surface area (TPSA) is 589 Å². The Bertz CT molecular complexity index is 5710. The molecule has 0 unspecified atom stereocenters. The average molecular weight is 1630 g/mol. The van der Waals surface area contributed by atoms with Crippen molar-refractivity contribution in [3.63, 3.8) is 0 Å². The number of esters is 1. The van der Waals surface area contributed by atoms with E-state index in [-0.39, 0.29) is 83.2 Å². The van der Waals surface area contributed by atoms with Crippen LogP contribution in [0.5, 0.6) is 46.0 Å². The molecule has 38 heteroatoms. The van der Waals surface area contributed by atoms with Gasteiger partial charge >= 0.3 is 46.6 Å². The van der Waals surface area contributed by atoms with Gasteiger partial charge in [-0.3, -0.25) is 69.2 Å². The largest absolute Gasteiger partial charge is 0.504 e. The predicted octanol–water partition coefficient (Wildman–Crippen LogP) is 13.4. The quantitative estimate of drug-likeness (QED) is 0.0109. The Morgan fingerprint density at radius 3 is 1.26 bits per heavy atom. The Morgan fingerprint density at radius 2 is 0.784 bits per heavy atom. The van der Waals surface area contributed by atoms with Crippen LogP contribution in [0.1, 0.15) is 69.5 Å². The van der Waals surface area contributed by atoms with E-state index in [0.29, 0.717) is 43.5 Å². The van der Waals surface area contributed by atoms with E-state index < -0.39 is 136 Å². The number of aryl methyl sites for hydroxylation is 1. The van der Waals surface area contributed by atoms with E-state index in [1.807, 2.05) is 12.1 Å². The molecule has 0 aliphatic heterocycles. The number of aromatic hydroxyl groups is 8. The normalized spacial score (nSPS) is 10.4. The maximum absolute atomic E-state index is 13.0. The van der Waals surface area contributed by atoms with Gasteiger partial charge in [-0.2, -0.15) is 0 Å². The number of phenols is 8. The second-order valence-electron chi connectivity index (χ2n) is 24.3. The Labute approximate surface area is 660 Å². The number of anilines is 4. The summed E-state index contributed by atoms with van der Waals surface area (Å²) >= 11 is 2.62. The molecule has 596 valence electrons. The van der Waals surface area contributed by atoms with Gasteiger partial charge in [0.05, 0.1) is 69.3 Å². The van der Waals surface area contributed by atoms with Crippen LogP contribution in [0.4, 0.5) is 45.5 Å². The van der Waals surface area contributed by atoms with Crippen molar-refractivity contribution in [2.75, 3.05) is 28.4 Å². The van der Waals surface area contributed by atoms with E-state index in [2.05, 4.69) is 26.0 Å². The fourth-order valence-electron chi connectivity index (χ4n) is 11.0. The molecule has 0 aliphatic carbocycles. The summed E-state index contributed by atoms with van der Waals surface area (Å²) < 4.78 is 4.62. The molecule has 2 aromatic heterocycles. The molecule has 0 radical (unpaired) electrons. The van der Waals surface area contributed by atoms with Crippen molar-refractivity contribution < 1.29 is 119 Å². The highest BCUT2D eigenvalue weighted by molar-refractivity contribution is 7.16. The monoisotopic (exact) mass is 1620 g/mol. The molecule has 0 spiro atoms. The van der Waals surface area contributed by atoms with Crippen LogP contribution in [-0.4, -0.2) is 130 Å². The van der Waals surface area contributed by atoms with Gasteiger partial charge < -0.3 is 82.2 Å². The molecule has 0 saturated carbocycles. The highest BCUT2D eigenvalue weighted by Gasteiger charge is 2.27. The molecule has 0 aliphatic rings. The van der Waals surface area contributed by atoms with Gasteiger partial charge in [0.2, 0.25) is 40.7 Å². The number of carboxylic acid groups (broad SMARTS) is 3. The number of amides is 4. The SMILES string of the molecule is COC(=O)c1ccccc1NC(=O)Cc1ccc([N+](=O)[O-])c(O)c1O.Cc1c(NC(=O)CCc2ccc([N+](=O)[O-])c(O)c2O)cccc1C(=O)O.O=C(O)Cc1ccc(-c2ccccc2NC(=O)Cc2ccc([N+](=O)[O-])c(O)c2O)s1.O=C(O)Cc1ccc(-c2ccccc2NC(=O)c2cccc(-c3ccc([N+](=O)[O-])c(O)c3O)c2)s1. The van der Waals surface area contributed by atoms with E-state index in [4.69, 9.17) is 15.3 Å². The Kier molecular flexibility index (Phi) is 28.6. The van der Waals surface area contributed by atoms with Gasteiger partial charge in [0.15, 0.2) is 23.0 Å². The lowest BCUT2D eigenvalue weighted by Crippen LogP contribution is -2.17. The number of carbonyl (C=O) groups is 8. The Balaban J connectivity index is 0.000000195. The summed E-state index contributed by atoms with van der Waals surface area (Å²) in [6.45, 7) is 1.57. The lowest BCUT2D eigenvalue weighted by molar-refractivity contribution is -0.386. The van der Waals surface area contributed by atoms with Gasteiger partial charge in [0.1, 0.15) is 0 Å². The van der Waals surface area contributed by atoms with Crippen molar-refractivity contribution in [2.24, 2.45) is 0 Å². The van der Waals surface area contributed by atoms with Crippen molar-refractivity contribution in [2.45, 2.75) is 45.4 Å². The zero-order chi connectivity index (χ0) is 84.9. The van der Waals surface area contributed by atoms with Crippen LogP contribution in [0.25, 0.3) is 32.0 Å². The number of nitrogens with zero attached hydrogens (tertiary/aromatic N) is 4. The second kappa shape index (κ2) is 38.7. The number of methoxy groups -OCH3 is 1. The number of aliphatic carboxylic acids is 2. The van der Waals surface area contributed by atoms with E-state index in [9.17, 15) is 120 Å². The minimum atomic E-state index is -1.11. The van der Waals surface area contributed by atoms with Gasteiger partial charge in [-0.25, -0.2) is 9.59 Å². The van der Waals surface area contributed by atoms with Crippen molar-refractivity contribution in [1.82, 2.24) is 0 Å². The van der Waals surface area contributed by atoms with E-state index >= 15 is 0 Å². The standard InChI is InChI=1S/C25H18N2O7S.C20H16N2O7S.C17H16N2O7.C16H14N2O7/c28-22(29)13-16-8-11-21(35-16)18-6-1-2-7-19(18)26-25(32)15-5-3-4-14(12-15)17-9-10-20(27(33)34)24(31)23(17)30;23-17(9-11-5-7-15(22(28)29)20(27)19(11)26)21-14-4-2-1-3-13(14)16-8-6-12(30-16)10-18(24)25;1-9-11(17(23)24)3-2-4-12(9)18-14(20)8-6-10-5-7-13(19(25)26)16(22)15(10)21;1-25-16(22)10-4-2-3-5-11(10)17-13(19)8-9-6-7-12(18(23)24)15(21)14(9)20/h1-12,30-31H,13H2,(H,26,32)(H,28,29);1-8,26-27H,9-10H2,(H,21,23)(H,24,25);2-5,7,21-22H,6,8H2,1H3,(H,18,20)(H,23,24);2-7,20-21H,8H2,1H3,(H,17,19). The molecule has 0 fully saturated rings. The number of aromatic carboxylic acids is 1.